The van der Waals surface area contributed by atoms with Gasteiger partial charge in [0.05, 0.1) is 11.0 Å². The summed E-state index contributed by atoms with van der Waals surface area (Å²) >= 11 is 1.33. The Morgan fingerprint density at radius 1 is 1.40 bits per heavy atom. The first kappa shape index (κ1) is 15.3. The lowest BCUT2D eigenvalue weighted by atomic mass is 10.4. The summed E-state index contributed by atoms with van der Waals surface area (Å²) in [5.41, 5.74) is 0. The minimum Gasteiger partial charge on any atom is -0.341 e. The third-order valence-electron chi connectivity index (χ3n) is 3.28. The van der Waals surface area contributed by atoms with Gasteiger partial charge in [-0.3, -0.25) is 4.79 Å². The van der Waals surface area contributed by atoms with E-state index in [4.69, 9.17) is 0 Å². The standard InChI is InChI=1S/C13H16FNO3S2/c1-20(17,18)12-6-7-15(8-12)13(16)9-19-11-4-2-10(14)3-5-11/h2-5,12H,6-9H2,1H3/t12-/m1/s1. The average Bonchev–Trinajstić information content (AvgIpc) is 2.87. The van der Waals surface area contributed by atoms with Gasteiger partial charge in [0.25, 0.3) is 0 Å². The fourth-order valence-electron chi connectivity index (χ4n) is 2.07. The Kier molecular flexibility index (Phi) is 4.70. The van der Waals surface area contributed by atoms with Crippen LogP contribution in [0.5, 0.6) is 0 Å². The number of thioether (sulfide) groups is 1. The van der Waals surface area contributed by atoms with Gasteiger partial charge in [-0.05, 0) is 30.7 Å². The van der Waals surface area contributed by atoms with Crippen molar-refractivity contribution in [3.8, 4) is 0 Å². The maximum absolute atomic E-state index is 12.7. The highest BCUT2D eigenvalue weighted by Crippen LogP contribution is 2.21. The first-order chi connectivity index (χ1) is 9.36. The van der Waals surface area contributed by atoms with Crippen molar-refractivity contribution in [2.45, 2.75) is 16.6 Å². The smallest absolute Gasteiger partial charge is 0.232 e. The minimum atomic E-state index is -3.08. The zero-order chi connectivity index (χ0) is 14.8. The van der Waals surface area contributed by atoms with E-state index in [0.29, 0.717) is 13.0 Å². The highest BCUT2D eigenvalue weighted by molar-refractivity contribution is 8.00. The Balaban J connectivity index is 1.86. The van der Waals surface area contributed by atoms with Crippen LogP contribution in [0.3, 0.4) is 0 Å². The van der Waals surface area contributed by atoms with E-state index in [0.717, 1.165) is 4.90 Å². The van der Waals surface area contributed by atoms with Crippen molar-refractivity contribution in [1.82, 2.24) is 4.90 Å². The van der Waals surface area contributed by atoms with E-state index in [2.05, 4.69) is 0 Å². The lowest BCUT2D eigenvalue weighted by molar-refractivity contribution is -0.127. The number of carbonyl (C=O) groups excluding carboxylic acids is 1. The summed E-state index contributed by atoms with van der Waals surface area (Å²) in [5.74, 6) is -0.149. The molecule has 0 spiro atoms. The molecule has 0 N–H and O–H groups in total. The van der Waals surface area contributed by atoms with Crippen LogP contribution in [-0.2, 0) is 14.6 Å². The number of halogens is 1. The molecule has 0 bridgehead atoms. The second-order valence-electron chi connectivity index (χ2n) is 4.82. The number of nitrogens with zero attached hydrogens (tertiary/aromatic N) is 1. The number of carbonyl (C=O) groups is 1. The van der Waals surface area contributed by atoms with Crippen LogP contribution in [0.1, 0.15) is 6.42 Å². The first-order valence-electron chi connectivity index (χ1n) is 6.21. The van der Waals surface area contributed by atoms with E-state index >= 15 is 0 Å². The summed E-state index contributed by atoms with van der Waals surface area (Å²) < 4.78 is 35.6. The lowest BCUT2D eigenvalue weighted by Crippen LogP contribution is -2.32. The van der Waals surface area contributed by atoms with Crippen molar-refractivity contribution in [1.29, 1.82) is 0 Å². The van der Waals surface area contributed by atoms with Gasteiger partial charge in [0.1, 0.15) is 5.82 Å². The van der Waals surface area contributed by atoms with Crippen molar-refractivity contribution in [3.05, 3.63) is 30.1 Å². The van der Waals surface area contributed by atoms with Crippen LogP contribution < -0.4 is 0 Å². The second-order valence-corrected chi connectivity index (χ2v) is 8.20. The monoisotopic (exact) mass is 317 g/mol. The van der Waals surface area contributed by atoms with E-state index < -0.39 is 15.1 Å². The van der Waals surface area contributed by atoms with Gasteiger partial charge in [-0.25, -0.2) is 12.8 Å². The predicted molar refractivity (Wildman–Crippen MR) is 77.0 cm³/mol. The molecule has 20 heavy (non-hydrogen) atoms. The van der Waals surface area contributed by atoms with Crippen LogP contribution in [0.2, 0.25) is 0 Å². The molecule has 1 aliphatic rings. The highest BCUT2D eigenvalue weighted by atomic mass is 32.2. The van der Waals surface area contributed by atoms with Crippen LogP contribution >= 0.6 is 11.8 Å². The summed E-state index contributed by atoms with van der Waals surface area (Å²) in [4.78, 5) is 14.4. The molecular formula is C13H16FNO3S2. The van der Waals surface area contributed by atoms with Gasteiger partial charge in [0.2, 0.25) is 5.91 Å². The number of sulfone groups is 1. The Morgan fingerprint density at radius 2 is 2.05 bits per heavy atom. The van der Waals surface area contributed by atoms with Gasteiger partial charge in [0.15, 0.2) is 9.84 Å². The molecule has 7 heteroatoms. The zero-order valence-electron chi connectivity index (χ0n) is 11.1. The number of rotatable bonds is 4. The predicted octanol–water partition coefficient (Wildman–Crippen LogP) is 1.56. The van der Waals surface area contributed by atoms with Crippen LogP contribution in [0.25, 0.3) is 0 Å². The van der Waals surface area contributed by atoms with Gasteiger partial charge in [-0.15, -0.1) is 11.8 Å². The minimum absolute atomic E-state index is 0.0783. The number of likely N-dealkylation sites (tertiary alicyclic amines) is 1. The van der Waals surface area contributed by atoms with Crippen LogP contribution in [0.4, 0.5) is 4.39 Å². The zero-order valence-corrected chi connectivity index (χ0v) is 12.7. The normalized spacial score (nSPS) is 19.3. The van der Waals surface area contributed by atoms with Gasteiger partial charge < -0.3 is 4.90 Å². The average molecular weight is 317 g/mol. The molecule has 0 aromatic heterocycles. The molecule has 1 amide bonds. The van der Waals surface area contributed by atoms with E-state index in [-0.39, 0.29) is 24.0 Å². The second kappa shape index (κ2) is 6.13. The summed E-state index contributed by atoms with van der Waals surface area (Å²) in [6.07, 6.45) is 1.71. The van der Waals surface area contributed by atoms with Gasteiger partial charge in [0, 0.05) is 24.2 Å². The molecule has 1 saturated heterocycles. The quantitative estimate of drug-likeness (QED) is 0.791. The third-order valence-corrected chi connectivity index (χ3v) is 5.87. The van der Waals surface area contributed by atoms with Crippen LogP contribution in [-0.4, -0.2) is 49.6 Å². The molecule has 1 aromatic carbocycles. The largest absolute Gasteiger partial charge is 0.341 e. The van der Waals surface area contributed by atoms with E-state index in [1.807, 2.05) is 0 Å². The van der Waals surface area contributed by atoms with Crippen molar-refractivity contribution >= 4 is 27.5 Å². The summed E-state index contributed by atoms with van der Waals surface area (Å²) in [7, 11) is -3.08. The van der Waals surface area contributed by atoms with Crippen molar-refractivity contribution in [2.24, 2.45) is 0 Å². The molecule has 1 heterocycles. The molecule has 110 valence electrons. The Bertz CT molecular complexity index is 586. The van der Waals surface area contributed by atoms with E-state index in [1.165, 1.54) is 30.2 Å². The maximum Gasteiger partial charge on any atom is 0.232 e. The van der Waals surface area contributed by atoms with Crippen molar-refractivity contribution < 1.29 is 17.6 Å². The van der Waals surface area contributed by atoms with Crippen molar-refractivity contribution in [2.75, 3.05) is 25.1 Å². The number of benzene rings is 1. The van der Waals surface area contributed by atoms with E-state index in [9.17, 15) is 17.6 Å². The fourth-order valence-corrected chi connectivity index (χ4v) is 3.86. The molecule has 0 unspecified atom stereocenters. The Hall–Kier alpha value is -1.08. The highest BCUT2D eigenvalue weighted by Gasteiger charge is 2.32. The Labute approximate surface area is 122 Å². The molecule has 2 rings (SSSR count). The maximum atomic E-state index is 12.7. The van der Waals surface area contributed by atoms with Crippen LogP contribution in [0, 0.1) is 5.82 Å². The molecule has 0 radical (unpaired) electrons. The number of amides is 1. The topological polar surface area (TPSA) is 54.5 Å². The SMILES string of the molecule is CS(=O)(=O)[C@@H]1CCN(C(=O)CSc2ccc(F)cc2)C1. The molecule has 0 saturated carbocycles. The lowest BCUT2D eigenvalue weighted by Gasteiger charge is -2.15. The van der Waals surface area contributed by atoms with Crippen LogP contribution in [0.15, 0.2) is 29.2 Å². The molecule has 1 aliphatic heterocycles. The molecule has 0 aliphatic carbocycles. The van der Waals surface area contributed by atoms with Crippen molar-refractivity contribution in [3.63, 3.8) is 0 Å². The molecule has 1 fully saturated rings. The molecule has 1 atom stereocenters. The first-order valence-corrected chi connectivity index (χ1v) is 9.15. The molecular weight excluding hydrogens is 301 g/mol. The summed E-state index contributed by atoms with van der Waals surface area (Å²) in [6, 6.07) is 5.94. The summed E-state index contributed by atoms with van der Waals surface area (Å²) in [5, 5.41) is -0.442. The Morgan fingerprint density at radius 3 is 2.60 bits per heavy atom. The van der Waals surface area contributed by atoms with Gasteiger partial charge >= 0.3 is 0 Å². The summed E-state index contributed by atoms with van der Waals surface area (Å²) in [6.45, 7) is 0.766. The van der Waals surface area contributed by atoms with Gasteiger partial charge in [-0.2, -0.15) is 0 Å². The third kappa shape index (κ3) is 3.96. The van der Waals surface area contributed by atoms with Gasteiger partial charge in [-0.1, -0.05) is 0 Å². The fraction of sp³-hybridized carbons (Fsp3) is 0.462. The molecule has 4 nitrogen and oxygen atoms in total. The molecule has 1 aromatic rings. The number of hydrogen-bond acceptors (Lipinski definition) is 4. The number of hydrogen-bond donors (Lipinski definition) is 0. The van der Waals surface area contributed by atoms with E-state index in [1.54, 1.807) is 17.0 Å².